The number of hydrogen-bond acceptors (Lipinski definition) is 4. The van der Waals surface area contributed by atoms with Gasteiger partial charge < -0.3 is 15.8 Å². The summed E-state index contributed by atoms with van der Waals surface area (Å²) in [6.07, 6.45) is 3.62. The first-order valence-electron chi connectivity index (χ1n) is 10.3. The molecule has 3 aromatic rings. The van der Waals surface area contributed by atoms with E-state index in [1.54, 1.807) is 0 Å². The molecular weight excluding hydrogens is 380 g/mol. The number of nitrogens with zero attached hydrogens (tertiary/aromatic N) is 2. The van der Waals surface area contributed by atoms with Crippen molar-refractivity contribution < 1.29 is 14.3 Å². The first kappa shape index (κ1) is 20.1. The van der Waals surface area contributed by atoms with Gasteiger partial charge in [0.15, 0.2) is 5.69 Å². The molecule has 3 N–H and O–H groups in total. The number of ether oxygens (including phenoxy) is 1. The summed E-state index contributed by atoms with van der Waals surface area (Å²) < 4.78 is 7.67. The van der Waals surface area contributed by atoms with Crippen LogP contribution < -0.4 is 11.1 Å². The van der Waals surface area contributed by atoms with Gasteiger partial charge in [-0.05, 0) is 30.9 Å². The Morgan fingerprint density at radius 3 is 2.63 bits per heavy atom. The summed E-state index contributed by atoms with van der Waals surface area (Å²) in [5.41, 5.74) is 7.64. The number of primary amides is 1. The monoisotopic (exact) mass is 406 g/mol. The van der Waals surface area contributed by atoms with Crippen LogP contribution in [0.3, 0.4) is 0 Å². The number of amides is 2. The molecule has 4 rings (SSSR count). The number of para-hydroxylation sites is 1. The fourth-order valence-corrected chi connectivity index (χ4v) is 3.88. The highest BCUT2D eigenvalue weighted by Crippen LogP contribution is 2.21. The highest BCUT2D eigenvalue weighted by Gasteiger charge is 2.24. The number of nitrogens with two attached hydrogens (primary N) is 1. The van der Waals surface area contributed by atoms with Crippen molar-refractivity contribution >= 4 is 22.7 Å². The molecule has 0 radical (unpaired) electrons. The molecule has 1 aromatic heterocycles. The van der Waals surface area contributed by atoms with Crippen molar-refractivity contribution in [3.05, 3.63) is 65.9 Å². The Labute approximate surface area is 175 Å². The maximum absolute atomic E-state index is 13.0. The number of carbonyl (C=O) groups excluding carboxylic acids is 2. The molecule has 7 heteroatoms. The van der Waals surface area contributed by atoms with Gasteiger partial charge in [-0.25, -0.2) is 0 Å². The van der Waals surface area contributed by atoms with Crippen LogP contribution in [0.15, 0.2) is 54.6 Å². The van der Waals surface area contributed by atoms with Gasteiger partial charge in [0.1, 0.15) is 6.04 Å². The summed E-state index contributed by atoms with van der Waals surface area (Å²) in [4.78, 5) is 25.0. The molecule has 2 aromatic carbocycles. The van der Waals surface area contributed by atoms with E-state index in [-0.39, 0.29) is 6.10 Å². The second-order valence-corrected chi connectivity index (χ2v) is 7.65. The molecule has 7 nitrogen and oxygen atoms in total. The summed E-state index contributed by atoms with van der Waals surface area (Å²) in [5, 5.41) is 8.09. The lowest BCUT2D eigenvalue weighted by molar-refractivity contribution is -0.119. The average molecular weight is 406 g/mol. The molecule has 1 saturated heterocycles. The molecule has 1 unspecified atom stereocenters. The van der Waals surface area contributed by atoms with Crippen LogP contribution in [0.4, 0.5) is 0 Å². The Balaban J connectivity index is 1.56. The number of rotatable bonds is 7. The van der Waals surface area contributed by atoms with E-state index >= 15 is 0 Å². The van der Waals surface area contributed by atoms with Crippen LogP contribution in [0.5, 0.6) is 0 Å². The predicted molar refractivity (Wildman–Crippen MR) is 114 cm³/mol. The first-order valence-corrected chi connectivity index (χ1v) is 10.3. The van der Waals surface area contributed by atoms with Gasteiger partial charge in [-0.3, -0.25) is 14.3 Å². The summed E-state index contributed by atoms with van der Waals surface area (Å²) in [6.45, 7) is 1.36. The van der Waals surface area contributed by atoms with Crippen molar-refractivity contribution in [1.29, 1.82) is 0 Å². The zero-order valence-electron chi connectivity index (χ0n) is 16.8. The van der Waals surface area contributed by atoms with Crippen molar-refractivity contribution in [1.82, 2.24) is 15.1 Å². The largest absolute Gasteiger partial charge is 0.376 e. The van der Waals surface area contributed by atoms with Gasteiger partial charge >= 0.3 is 0 Å². The van der Waals surface area contributed by atoms with Gasteiger partial charge in [-0.2, -0.15) is 5.10 Å². The van der Waals surface area contributed by atoms with Gasteiger partial charge in [0, 0.05) is 18.4 Å². The third-order valence-corrected chi connectivity index (χ3v) is 5.46. The third-order valence-electron chi connectivity index (χ3n) is 5.46. The topological polar surface area (TPSA) is 99.2 Å². The van der Waals surface area contributed by atoms with Crippen molar-refractivity contribution in [3.8, 4) is 0 Å². The lowest BCUT2D eigenvalue weighted by Gasteiger charge is -2.22. The minimum absolute atomic E-state index is 0.0921. The molecule has 156 valence electrons. The lowest BCUT2D eigenvalue weighted by atomic mass is 10.1. The summed E-state index contributed by atoms with van der Waals surface area (Å²) in [7, 11) is 0. The molecule has 0 saturated carbocycles. The minimum atomic E-state index is -0.814. The summed E-state index contributed by atoms with van der Waals surface area (Å²) in [5.74, 6) is -0.985. The molecule has 0 spiro atoms. The Kier molecular flexibility index (Phi) is 6.09. The number of carbonyl (C=O) groups is 2. The fraction of sp³-hybridized carbons (Fsp3) is 0.348. The smallest absolute Gasteiger partial charge is 0.273 e. The molecule has 1 aliphatic rings. The fourth-order valence-electron chi connectivity index (χ4n) is 3.88. The average Bonchev–Trinajstić information content (AvgIpc) is 3.13. The van der Waals surface area contributed by atoms with Gasteiger partial charge in [-0.1, -0.05) is 48.5 Å². The zero-order valence-corrected chi connectivity index (χ0v) is 16.8. The maximum atomic E-state index is 13.0. The van der Waals surface area contributed by atoms with Crippen LogP contribution in [-0.2, 0) is 22.5 Å². The summed E-state index contributed by atoms with van der Waals surface area (Å²) in [6, 6.07) is 16.3. The lowest BCUT2D eigenvalue weighted by Crippen LogP contribution is -2.46. The molecule has 1 aliphatic heterocycles. The number of aromatic nitrogens is 2. The van der Waals surface area contributed by atoms with Crippen molar-refractivity contribution in [2.45, 2.75) is 44.4 Å². The molecule has 0 bridgehead atoms. The van der Waals surface area contributed by atoms with E-state index in [0.29, 0.717) is 18.7 Å². The van der Waals surface area contributed by atoms with E-state index in [4.69, 9.17) is 10.5 Å². The third kappa shape index (κ3) is 4.52. The van der Waals surface area contributed by atoms with Crippen LogP contribution in [0.1, 0.15) is 35.3 Å². The van der Waals surface area contributed by atoms with E-state index < -0.39 is 17.9 Å². The van der Waals surface area contributed by atoms with E-state index in [0.717, 1.165) is 42.3 Å². The number of benzene rings is 2. The van der Waals surface area contributed by atoms with Crippen molar-refractivity contribution in [2.24, 2.45) is 5.73 Å². The quantitative estimate of drug-likeness (QED) is 0.629. The maximum Gasteiger partial charge on any atom is 0.273 e. The van der Waals surface area contributed by atoms with Gasteiger partial charge in [-0.15, -0.1) is 0 Å². The van der Waals surface area contributed by atoms with E-state index in [9.17, 15) is 9.59 Å². The van der Waals surface area contributed by atoms with E-state index in [2.05, 4.69) is 10.4 Å². The number of fused-ring (bicyclic) bond motifs is 1. The van der Waals surface area contributed by atoms with Crippen LogP contribution in [0.2, 0.25) is 0 Å². The number of nitrogens with one attached hydrogen (secondary N) is 1. The summed E-state index contributed by atoms with van der Waals surface area (Å²) >= 11 is 0. The molecule has 2 amide bonds. The Hall–Kier alpha value is -3.19. The molecular formula is C23H26N4O3. The van der Waals surface area contributed by atoms with E-state index in [1.807, 2.05) is 59.3 Å². The SMILES string of the molecule is NC(=O)[C@H](Cc1ccccc1)NC(=O)c1nn(CC2CCCCO2)c2ccccc12. The normalized spacial score (nSPS) is 17.5. The molecule has 1 fully saturated rings. The van der Waals surface area contributed by atoms with Crippen molar-refractivity contribution in [3.63, 3.8) is 0 Å². The van der Waals surface area contributed by atoms with Crippen LogP contribution in [0.25, 0.3) is 10.9 Å². The molecule has 30 heavy (non-hydrogen) atoms. The standard InChI is InChI=1S/C23H26N4O3/c24-22(28)19(14-16-8-2-1-3-9-16)25-23(29)21-18-11-4-5-12-20(18)27(26-21)15-17-10-6-7-13-30-17/h1-5,8-9,11-12,17,19H,6-7,10,13-15H2,(H2,24,28)(H,25,29)/t17?,19-/m0/s1. The molecule has 0 aliphatic carbocycles. The highest BCUT2D eigenvalue weighted by molar-refractivity contribution is 6.06. The predicted octanol–water partition coefficient (Wildman–Crippen LogP) is 2.43. The first-order chi connectivity index (χ1) is 14.6. The van der Waals surface area contributed by atoms with Crippen LogP contribution in [0, 0.1) is 0 Å². The van der Waals surface area contributed by atoms with E-state index in [1.165, 1.54) is 0 Å². The van der Waals surface area contributed by atoms with Crippen LogP contribution >= 0.6 is 0 Å². The Morgan fingerprint density at radius 2 is 1.90 bits per heavy atom. The van der Waals surface area contributed by atoms with Crippen molar-refractivity contribution in [2.75, 3.05) is 6.61 Å². The minimum Gasteiger partial charge on any atom is -0.376 e. The molecule has 2 atom stereocenters. The molecule has 2 heterocycles. The van der Waals surface area contributed by atoms with Gasteiger partial charge in [0.05, 0.1) is 18.2 Å². The second kappa shape index (κ2) is 9.09. The number of hydrogen-bond donors (Lipinski definition) is 2. The highest BCUT2D eigenvalue weighted by atomic mass is 16.5. The Bertz CT molecular complexity index is 1030. The van der Waals surface area contributed by atoms with Gasteiger partial charge in [0.25, 0.3) is 5.91 Å². The van der Waals surface area contributed by atoms with Gasteiger partial charge in [0.2, 0.25) is 5.91 Å². The van der Waals surface area contributed by atoms with Crippen LogP contribution in [-0.4, -0.2) is 40.3 Å². The Morgan fingerprint density at radius 1 is 1.13 bits per heavy atom. The second-order valence-electron chi connectivity index (χ2n) is 7.65. The zero-order chi connectivity index (χ0) is 20.9.